The number of aromatic nitrogens is 1. The molecule has 0 spiro atoms. The van der Waals surface area contributed by atoms with Gasteiger partial charge in [0.2, 0.25) is 0 Å². The molecule has 18 heavy (non-hydrogen) atoms. The van der Waals surface area contributed by atoms with Crippen LogP contribution >= 0.6 is 0 Å². The Bertz CT molecular complexity index is 446. The molecule has 2 atom stereocenters. The Labute approximate surface area is 108 Å². The Hall–Kier alpha value is -1.29. The van der Waals surface area contributed by atoms with Gasteiger partial charge in [0.05, 0.1) is 7.11 Å². The molecule has 0 radical (unpaired) electrons. The van der Waals surface area contributed by atoms with Gasteiger partial charge in [0, 0.05) is 31.4 Å². The fourth-order valence-electron chi connectivity index (χ4n) is 3.53. The molecule has 0 aromatic carbocycles. The van der Waals surface area contributed by atoms with Gasteiger partial charge >= 0.3 is 0 Å². The highest BCUT2D eigenvalue weighted by molar-refractivity contribution is 5.55. The number of ether oxygens (including phenoxy) is 1. The maximum atomic E-state index is 5.45. The van der Waals surface area contributed by atoms with Crippen molar-refractivity contribution in [2.24, 2.45) is 11.8 Å². The van der Waals surface area contributed by atoms with E-state index in [0.29, 0.717) is 5.92 Å². The van der Waals surface area contributed by atoms with E-state index in [1.54, 1.807) is 7.11 Å². The van der Waals surface area contributed by atoms with Gasteiger partial charge < -0.3 is 15.0 Å². The molecule has 3 heterocycles. The van der Waals surface area contributed by atoms with Crippen LogP contribution < -0.4 is 15.0 Å². The van der Waals surface area contributed by atoms with E-state index in [0.717, 1.165) is 37.1 Å². The van der Waals surface area contributed by atoms with Crippen molar-refractivity contribution in [2.75, 3.05) is 31.6 Å². The third-order valence-electron chi connectivity index (χ3n) is 4.59. The number of pyridine rings is 1. The van der Waals surface area contributed by atoms with Crippen molar-refractivity contribution in [3.05, 3.63) is 18.3 Å². The summed E-state index contributed by atoms with van der Waals surface area (Å²) in [6.07, 6.45) is 1.85. The lowest BCUT2D eigenvalue weighted by molar-refractivity contribution is 0.351. The largest absolute Gasteiger partial charge is 0.493 e. The van der Waals surface area contributed by atoms with Crippen LogP contribution in [0.3, 0.4) is 0 Å². The zero-order chi connectivity index (χ0) is 12.8. The van der Waals surface area contributed by atoms with E-state index in [9.17, 15) is 0 Å². The van der Waals surface area contributed by atoms with Crippen LogP contribution in [0.1, 0.15) is 13.8 Å². The SMILES string of the molecule is COc1cccnc1N1CC2CNCC2C1(C)C. The van der Waals surface area contributed by atoms with Crippen LogP contribution in [0.5, 0.6) is 5.75 Å². The Kier molecular flexibility index (Phi) is 2.70. The molecule has 1 aromatic heterocycles. The lowest BCUT2D eigenvalue weighted by atomic mass is 9.85. The van der Waals surface area contributed by atoms with Crippen molar-refractivity contribution in [2.45, 2.75) is 19.4 Å². The Morgan fingerprint density at radius 1 is 1.44 bits per heavy atom. The van der Waals surface area contributed by atoms with E-state index < -0.39 is 0 Å². The van der Waals surface area contributed by atoms with Crippen molar-refractivity contribution in [3.63, 3.8) is 0 Å². The first-order valence-corrected chi connectivity index (χ1v) is 6.62. The second-order valence-corrected chi connectivity index (χ2v) is 5.82. The molecule has 3 rings (SSSR count). The number of nitrogens with one attached hydrogen (secondary N) is 1. The zero-order valence-electron chi connectivity index (χ0n) is 11.3. The molecule has 4 nitrogen and oxygen atoms in total. The summed E-state index contributed by atoms with van der Waals surface area (Å²) in [5.41, 5.74) is 0.135. The molecule has 0 saturated carbocycles. The molecule has 0 amide bonds. The predicted molar refractivity (Wildman–Crippen MR) is 72.1 cm³/mol. The second kappa shape index (κ2) is 4.12. The average Bonchev–Trinajstić information content (AvgIpc) is 2.92. The number of rotatable bonds is 2. The average molecular weight is 247 g/mol. The van der Waals surface area contributed by atoms with Crippen molar-refractivity contribution >= 4 is 5.82 Å². The molecule has 4 heteroatoms. The lowest BCUT2D eigenvalue weighted by Gasteiger charge is -2.37. The standard InChI is InChI=1S/C14H21N3O/c1-14(2)11-8-15-7-10(11)9-17(14)13-12(18-3)5-4-6-16-13/h4-6,10-11,15H,7-9H2,1-3H3. The summed E-state index contributed by atoms with van der Waals surface area (Å²) in [6, 6.07) is 3.92. The highest BCUT2D eigenvalue weighted by Crippen LogP contribution is 2.44. The normalized spacial score (nSPS) is 29.4. The number of fused-ring (bicyclic) bond motifs is 1. The Balaban J connectivity index is 1.97. The van der Waals surface area contributed by atoms with Gasteiger partial charge in [0.15, 0.2) is 11.6 Å². The molecule has 0 bridgehead atoms. The van der Waals surface area contributed by atoms with E-state index in [1.807, 2.05) is 18.3 Å². The summed E-state index contributed by atoms with van der Waals surface area (Å²) in [5, 5.41) is 3.50. The quantitative estimate of drug-likeness (QED) is 0.860. The minimum Gasteiger partial charge on any atom is -0.493 e. The van der Waals surface area contributed by atoms with Crippen LogP contribution in [0.4, 0.5) is 5.82 Å². The topological polar surface area (TPSA) is 37.4 Å². The molecule has 2 saturated heterocycles. The number of methoxy groups -OCH3 is 1. The van der Waals surface area contributed by atoms with Gasteiger partial charge in [0.1, 0.15) is 0 Å². The summed E-state index contributed by atoms with van der Waals surface area (Å²) in [5.74, 6) is 3.29. The third kappa shape index (κ3) is 1.59. The maximum Gasteiger partial charge on any atom is 0.171 e. The number of hydrogen-bond acceptors (Lipinski definition) is 4. The van der Waals surface area contributed by atoms with Crippen LogP contribution in [-0.2, 0) is 0 Å². The van der Waals surface area contributed by atoms with Crippen LogP contribution in [0, 0.1) is 11.8 Å². The molecule has 2 fully saturated rings. The van der Waals surface area contributed by atoms with Gasteiger partial charge in [-0.25, -0.2) is 4.98 Å². The smallest absolute Gasteiger partial charge is 0.171 e. The number of hydrogen-bond donors (Lipinski definition) is 1. The van der Waals surface area contributed by atoms with Gasteiger partial charge in [-0.15, -0.1) is 0 Å². The molecule has 0 aliphatic carbocycles. The highest BCUT2D eigenvalue weighted by atomic mass is 16.5. The van der Waals surface area contributed by atoms with Crippen molar-refractivity contribution in [1.29, 1.82) is 0 Å². The highest BCUT2D eigenvalue weighted by Gasteiger charge is 2.50. The van der Waals surface area contributed by atoms with E-state index in [2.05, 4.69) is 29.0 Å². The summed E-state index contributed by atoms with van der Waals surface area (Å²) in [4.78, 5) is 6.95. The first-order chi connectivity index (χ1) is 8.64. The molecular formula is C14H21N3O. The van der Waals surface area contributed by atoms with E-state index >= 15 is 0 Å². The van der Waals surface area contributed by atoms with Crippen molar-refractivity contribution in [1.82, 2.24) is 10.3 Å². The molecule has 2 unspecified atom stereocenters. The monoisotopic (exact) mass is 247 g/mol. The van der Waals surface area contributed by atoms with E-state index in [-0.39, 0.29) is 5.54 Å². The van der Waals surface area contributed by atoms with Gasteiger partial charge in [-0.3, -0.25) is 0 Å². The Morgan fingerprint density at radius 2 is 2.28 bits per heavy atom. The van der Waals surface area contributed by atoms with Crippen LogP contribution in [0.25, 0.3) is 0 Å². The van der Waals surface area contributed by atoms with Crippen LogP contribution in [-0.4, -0.2) is 37.3 Å². The third-order valence-corrected chi connectivity index (χ3v) is 4.59. The maximum absolute atomic E-state index is 5.45. The fraction of sp³-hybridized carbons (Fsp3) is 0.643. The molecule has 1 N–H and O–H groups in total. The van der Waals surface area contributed by atoms with Gasteiger partial charge in [-0.05, 0) is 37.8 Å². The molecule has 1 aromatic rings. The van der Waals surface area contributed by atoms with E-state index in [4.69, 9.17) is 4.74 Å². The molecule has 2 aliphatic rings. The molecule has 98 valence electrons. The summed E-state index contributed by atoms with van der Waals surface area (Å²) in [7, 11) is 1.71. The molecular weight excluding hydrogens is 226 g/mol. The lowest BCUT2D eigenvalue weighted by Crippen LogP contribution is -2.45. The first kappa shape index (κ1) is 11.8. The number of nitrogens with zero attached hydrogens (tertiary/aromatic N) is 2. The fourth-order valence-corrected chi connectivity index (χ4v) is 3.53. The molecule has 2 aliphatic heterocycles. The zero-order valence-corrected chi connectivity index (χ0v) is 11.3. The minimum atomic E-state index is 0.135. The predicted octanol–water partition coefficient (Wildman–Crippen LogP) is 1.52. The number of anilines is 1. The first-order valence-electron chi connectivity index (χ1n) is 6.62. The Morgan fingerprint density at radius 3 is 3.00 bits per heavy atom. The van der Waals surface area contributed by atoms with Crippen LogP contribution in [0.2, 0.25) is 0 Å². The van der Waals surface area contributed by atoms with E-state index in [1.165, 1.54) is 0 Å². The van der Waals surface area contributed by atoms with Crippen molar-refractivity contribution in [3.8, 4) is 5.75 Å². The van der Waals surface area contributed by atoms with Gasteiger partial charge in [-0.1, -0.05) is 0 Å². The van der Waals surface area contributed by atoms with Gasteiger partial charge in [-0.2, -0.15) is 0 Å². The summed E-state index contributed by atoms with van der Waals surface area (Å²) < 4.78 is 5.45. The second-order valence-electron chi connectivity index (χ2n) is 5.82. The van der Waals surface area contributed by atoms with Gasteiger partial charge in [0.25, 0.3) is 0 Å². The summed E-state index contributed by atoms with van der Waals surface area (Å²) >= 11 is 0. The summed E-state index contributed by atoms with van der Waals surface area (Å²) in [6.45, 7) is 7.94. The van der Waals surface area contributed by atoms with Crippen LogP contribution in [0.15, 0.2) is 18.3 Å². The minimum absolute atomic E-state index is 0.135. The van der Waals surface area contributed by atoms with Crippen molar-refractivity contribution < 1.29 is 4.74 Å².